The van der Waals surface area contributed by atoms with Gasteiger partial charge in [-0.25, -0.2) is 4.39 Å². The van der Waals surface area contributed by atoms with Crippen molar-refractivity contribution < 1.29 is 22.3 Å². The molecule has 1 aromatic rings. The van der Waals surface area contributed by atoms with E-state index in [-0.39, 0.29) is 5.92 Å². The quantitative estimate of drug-likeness (QED) is 0.507. The fraction of sp³-hybridized carbons (Fsp3) is 0.714. The van der Waals surface area contributed by atoms with Gasteiger partial charge in [0.15, 0.2) is 11.6 Å². The van der Waals surface area contributed by atoms with E-state index in [9.17, 15) is 17.6 Å². The zero-order chi connectivity index (χ0) is 18.7. The molecule has 0 aliphatic heterocycles. The second-order valence-electron chi connectivity index (χ2n) is 8.01. The van der Waals surface area contributed by atoms with Gasteiger partial charge in [0.25, 0.3) is 0 Å². The first-order chi connectivity index (χ1) is 12.4. The minimum Gasteiger partial charge on any atom is -0.403 e. The first-order valence-corrected chi connectivity index (χ1v) is 9.91. The molecule has 1 nitrogen and oxygen atoms in total. The molecular formula is C21H28F4O. The summed E-state index contributed by atoms with van der Waals surface area (Å²) in [5, 5.41) is 0. The van der Waals surface area contributed by atoms with Gasteiger partial charge in [0, 0.05) is 0 Å². The van der Waals surface area contributed by atoms with Gasteiger partial charge in [0.1, 0.15) is 0 Å². The van der Waals surface area contributed by atoms with Crippen LogP contribution in [0.4, 0.5) is 17.6 Å². The van der Waals surface area contributed by atoms with Crippen molar-refractivity contribution in [3.05, 3.63) is 29.6 Å². The molecule has 2 saturated carbocycles. The lowest BCUT2D eigenvalue weighted by Crippen LogP contribution is -2.25. The van der Waals surface area contributed by atoms with Crippen LogP contribution in [0.3, 0.4) is 0 Å². The minimum atomic E-state index is -4.87. The van der Waals surface area contributed by atoms with E-state index < -0.39 is 17.9 Å². The fourth-order valence-corrected chi connectivity index (χ4v) is 5.02. The molecule has 0 amide bonds. The van der Waals surface area contributed by atoms with Gasteiger partial charge in [-0.15, -0.1) is 13.2 Å². The van der Waals surface area contributed by atoms with Crippen molar-refractivity contribution in [3.63, 3.8) is 0 Å². The Kier molecular flexibility index (Phi) is 6.13. The molecule has 1 aromatic carbocycles. The lowest BCUT2D eigenvalue weighted by molar-refractivity contribution is -0.275. The molecule has 2 fully saturated rings. The topological polar surface area (TPSA) is 9.23 Å². The lowest BCUT2D eigenvalue weighted by Gasteiger charge is -2.38. The van der Waals surface area contributed by atoms with E-state index in [4.69, 9.17) is 0 Å². The average Bonchev–Trinajstić information content (AvgIpc) is 2.63. The SMILES string of the molecule is CCC1CCC(C2CCC(c3cccc(OC(F)(F)F)c3F)CC2)CC1. The first kappa shape index (κ1) is 19.5. The minimum absolute atomic E-state index is 0.00462. The highest BCUT2D eigenvalue weighted by Crippen LogP contribution is 2.45. The van der Waals surface area contributed by atoms with Crippen LogP contribution >= 0.6 is 0 Å². The average molecular weight is 372 g/mol. The Morgan fingerprint density at radius 2 is 1.50 bits per heavy atom. The monoisotopic (exact) mass is 372 g/mol. The zero-order valence-electron chi connectivity index (χ0n) is 15.3. The Labute approximate surface area is 153 Å². The Balaban J connectivity index is 1.59. The summed E-state index contributed by atoms with van der Waals surface area (Å²) in [7, 11) is 0. The predicted molar refractivity (Wildman–Crippen MR) is 93.5 cm³/mol. The number of ether oxygens (including phenoxy) is 1. The molecule has 0 radical (unpaired) electrons. The lowest BCUT2D eigenvalue weighted by atomic mass is 9.68. The molecule has 26 heavy (non-hydrogen) atoms. The van der Waals surface area contributed by atoms with Crippen LogP contribution in [0.2, 0.25) is 0 Å². The first-order valence-electron chi connectivity index (χ1n) is 9.91. The van der Waals surface area contributed by atoms with E-state index in [2.05, 4.69) is 11.7 Å². The van der Waals surface area contributed by atoms with Gasteiger partial charge in [-0.1, -0.05) is 38.3 Å². The number of hydrogen-bond donors (Lipinski definition) is 0. The molecule has 0 atom stereocenters. The highest BCUT2D eigenvalue weighted by atomic mass is 19.4. The largest absolute Gasteiger partial charge is 0.573 e. The fourth-order valence-electron chi connectivity index (χ4n) is 5.02. The molecule has 0 aromatic heterocycles. The van der Waals surface area contributed by atoms with Crippen molar-refractivity contribution >= 4 is 0 Å². The van der Waals surface area contributed by atoms with Crippen LogP contribution in [0.1, 0.15) is 76.2 Å². The third kappa shape index (κ3) is 4.72. The van der Waals surface area contributed by atoms with Crippen molar-refractivity contribution in [2.24, 2.45) is 17.8 Å². The van der Waals surface area contributed by atoms with E-state index in [1.807, 2.05) is 0 Å². The highest BCUT2D eigenvalue weighted by Gasteiger charge is 2.35. The molecule has 2 aliphatic rings. The van der Waals surface area contributed by atoms with Crippen molar-refractivity contribution in [2.45, 2.75) is 77.0 Å². The normalized spacial score (nSPS) is 30.2. The van der Waals surface area contributed by atoms with Crippen LogP contribution in [-0.2, 0) is 0 Å². The van der Waals surface area contributed by atoms with Gasteiger partial charge < -0.3 is 4.74 Å². The van der Waals surface area contributed by atoms with Crippen LogP contribution in [0.5, 0.6) is 5.75 Å². The molecule has 3 rings (SSSR count). The smallest absolute Gasteiger partial charge is 0.403 e. The van der Waals surface area contributed by atoms with E-state index in [0.29, 0.717) is 11.5 Å². The maximum absolute atomic E-state index is 14.5. The van der Waals surface area contributed by atoms with Crippen molar-refractivity contribution in [1.29, 1.82) is 0 Å². The summed E-state index contributed by atoms with van der Waals surface area (Å²) >= 11 is 0. The van der Waals surface area contributed by atoms with Crippen LogP contribution in [0.15, 0.2) is 18.2 Å². The van der Waals surface area contributed by atoms with Crippen LogP contribution in [0.25, 0.3) is 0 Å². The summed E-state index contributed by atoms with van der Waals surface area (Å²) in [6.45, 7) is 2.27. The zero-order valence-corrected chi connectivity index (χ0v) is 15.3. The maximum atomic E-state index is 14.5. The summed E-state index contributed by atoms with van der Waals surface area (Å²) in [5.41, 5.74) is 0.375. The summed E-state index contributed by atoms with van der Waals surface area (Å²) in [5.74, 6) is 0.792. The molecule has 146 valence electrons. The van der Waals surface area contributed by atoms with Crippen LogP contribution < -0.4 is 4.74 Å². The summed E-state index contributed by atoms with van der Waals surface area (Å²) in [6.07, 6.45) is 5.47. The number of hydrogen-bond acceptors (Lipinski definition) is 1. The molecule has 0 unspecified atom stereocenters. The second-order valence-corrected chi connectivity index (χ2v) is 8.01. The van der Waals surface area contributed by atoms with E-state index >= 15 is 0 Å². The van der Waals surface area contributed by atoms with Gasteiger partial charge in [0.2, 0.25) is 0 Å². The molecule has 0 heterocycles. The molecule has 5 heteroatoms. The molecule has 0 saturated heterocycles. The van der Waals surface area contributed by atoms with Crippen molar-refractivity contribution in [2.75, 3.05) is 0 Å². The van der Waals surface area contributed by atoms with Gasteiger partial charge in [-0.2, -0.15) is 0 Å². The van der Waals surface area contributed by atoms with Crippen molar-refractivity contribution in [3.8, 4) is 5.75 Å². The third-order valence-corrected chi connectivity index (χ3v) is 6.57. The van der Waals surface area contributed by atoms with E-state index in [1.54, 1.807) is 6.07 Å². The van der Waals surface area contributed by atoms with Crippen LogP contribution in [-0.4, -0.2) is 6.36 Å². The Hall–Kier alpha value is -1.26. The van der Waals surface area contributed by atoms with E-state index in [1.165, 1.54) is 38.2 Å². The second kappa shape index (κ2) is 8.18. The standard InChI is InChI=1S/C21H28F4O/c1-2-14-6-8-15(9-7-14)16-10-12-17(13-11-16)18-4-3-5-19(20(18)22)26-21(23,24)25/h3-5,14-17H,2,6-13H2,1H3. The maximum Gasteiger partial charge on any atom is 0.573 e. The van der Waals surface area contributed by atoms with Crippen LogP contribution in [0, 0.1) is 23.6 Å². The molecule has 0 N–H and O–H groups in total. The number of alkyl halides is 3. The van der Waals surface area contributed by atoms with Gasteiger partial charge >= 0.3 is 6.36 Å². The Morgan fingerprint density at radius 1 is 0.923 bits per heavy atom. The predicted octanol–water partition coefficient (Wildman–Crippen LogP) is 7.21. The summed E-state index contributed by atoms with van der Waals surface area (Å²) < 4.78 is 55.6. The third-order valence-electron chi connectivity index (χ3n) is 6.57. The number of benzene rings is 1. The summed E-state index contributed by atoms with van der Waals surface area (Å²) in [4.78, 5) is 0. The van der Waals surface area contributed by atoms with Gasteiger partial charge in [0.05, 0.1) is 0 Å². The molecule has 2 aliphatic carbocycles. The molecule has 0 spiro atoms. The number of halogens is 4. The number of rotatable bonds is 4. The van der Waals surface area contributed by atoms with Gasteiger partial charge in [-0.3, -0.25) is 0 Å². The van der Waals surface area contributed by atoms with Crippen molar-refractivity contribution in [1.82, 2.24) is 0 Å². The highest BCUT2D eigenvalue weighted by molar-refractivity contribution is 5.33. The molecular weight excluding hydrogens is 344 g/mol. The van der Waals surface area contributed by atoms with Gasteiger partial charge in [-0.05, 0) is 73.8 Å². The summed E-state index contributed by atoms with van der Waals surface area (Å²) in [6, 6.07) is 4.11. The molecule has 0 bridgehead atoms. The Bertz CT molecular complexity index is 582. The Morgan fingerprint density at radius 3 is 2.04 bits per heavy atom. The van der Waals surface area contributed by atoms with E-state index in [0.717, 1.165) is 43.6 Å².